The zero-order chi connectivity index (χ0) is 34.8. The second-order valence-corrected chi connectivity index (χ2v) is 17.2. The quantitative estimate of drug-likeness (QED) is 0.111. The van der Waals surface area contributed by atoms with Gasteiger partial charge in [-0.2, -0.15) is 0 Å². The Hall–Kier alpha value is -5.23. The molecule has 1 aliphatic heterocycles. The van der Waals surface area contributed by atoms with Gasteiger partial charge in [-0.3, -0.25) is 0 Å². The maximum Gasteiger partial charge on any atom is 0.460 e. The van der Waals surface area contributed by atoms with Crippen molar-refractivity contribution in [3.63, 3.8) is 0 Å². The van der Waals surface area contributed by atoms with Crippen molar-refractivity contribution in [2.45, 2.75) is 6.42 Å². The largest absolute Gasteiger partial charge is 0.460 e. The molecule has 0 fully saturated rings. The van der Waals surface area contributed by atoms with E-state index in [-0.39, 0.29) is 0 Å². The fourth-order valence-electron chi connectivity index (χ4n) is 4.93. The van der Waals surface area contributed by atoms with E-state index in [9.17, 15) is 0 Å². The fourth-order valence-corrected chi connectivity index (χ4v) is 14.0. The number of hydrogen-bond donors (Lipinski definition) is 1. The maximum absolute atomic E-state index is 6.97. The third-order valence-electron chi connectivity index (χ3n) is 7.12. The summed E-state index contributed by atoms with van der Waals surface area (Å²) in [5.74, 6) is 2.75. The predicted octanol–water partition coefficient (Wildman–Crippen LogP) is 11.8. The average molecular weight is 737 g/mol. The zero-order valence-electron chi connectivity index (χ0n) is 27.4. The van der Waals surface area contributed by atoms with Crippen molar-refractivity contribution >= 4 is 23.0 Å². The molecule has 13 heteroatoms. The van der Waals surface area contributed by atoms with Crippen LogP contribution < -0.4 is 32.9 Å². The van der Waals surface area contributed by atoms with Gasteiger partial charge in [0.05, 0.1) is 0 Å². The van der Waals surface area contributed by atoms with E-state index in [2.05, 4.69) is 0 Å². The Morgan fingerprint density at radius 1 is 0.353 bits per heavy atom. The standard InChI is InChI=1S/C38H35N4O6P3/c39-31-30-32-18-16-17-29-38(32)48-51(47-37-27-14-5-15-28-37)41-49(43-33-19-6-1-7-20-33,44-34-21-8-2-9-22-34)40-50(42-51,45-35-23-10-3-11-24-35)46-36-25-12-4-13-26-36/h1-29H,30-31,39H2. The molecule has 0 saturated heterocycles. The molecule has 6 aromatic carbocycles. The first kappa shape index (κ1) is 34.2. The van der Waals surface area contributed by atoms with Crippen LogP contribution in [0.2, 0.25) is 0 Å². The maximum atomic E-state index is 6.97. The predicted molar refractivity (Wildman–Crippen MR) is 203 cm³/mol. The van der Waals surface area contributed by atoms with Gasteiger partial charge < -0.3 is 32.9 Å². The van der Waals surface area contributed by atoms with Crippen molar-refractivity contribution in [2.75, 3.05) is 6.54 Å². The molecule has 0 amide bonds. The Bertz CT molecular complexity index is 2040. The summed E-state index contributed by atoms with van der Waals surface area (Å²) in [5, 5.41) is 0. The summed E-state index contributed by atoms with van der Waals surface area (Å²) in [6.07, 6.45) is 0.536. The van der Waals surface area contributed by atoms with Gasteiger partial charge in [0, 0.05) is 0 Å². The molecule has 0 bridgehead atoms. The van der Waals surface area contributed by atoms with Gasteiger partial charge >= 0.3 is 23.0 Å². The van der Waals surface area contributed by atoms with Crippen molar-refractivity contribution in [1.29, 1.82) is 0 Å². The highest BCUT2D eigenvalue weighted by molar-refractivity contribution is 7.79. The molecule has 7 rings (SSSR count). The van der Waals surface area contributed by atoms with E-state index < -0.39 is 23.0 Å². The number of nitrogens with two attached hydrogens (primary N) is 1. The first-order valence-corrected chi connectivity index (χ1v) is 20.8. The minimum Gasteiger partial charge on any atom is -0.413 e. The molecule has 0 radical (unpaired) electrons. The van der Waals surface area contributed by atoms with Crippen LogP contribution in [0.1, 0.15) is 5.56 Å². The van der Waals surface area contributed by atoms with Gasteiger partial charge in [-0.15, -0.1) is 0 Å². The molecule has 1 atom stereocenters. The van der Waals surface area contributed by atoms with Crippen molar-refractivity contribution in [3.8, 4) is 34.5 Å². The van der Waals surface area contributed by atoms with Crippen LogP contribution in [-0.4, -0.2) is 6.54 Å². The van der Waals surface area contributed by atoms with E-state index in [1.807, 2.05) is 115 Å². The van der Waals surface area contributed by atoms with Crippen LogP contribution in [0.25, 0.3) is 0 Å². The van der Waals surface area contributed by atoms with Crippen molar-refractivity contribution in [1.82, 2.24) is 0 Å². The third kappa shape index (κ3) is 8.75. The molecule has 1 aliphatic rings. The molecule has 0 saturated carbocycles. The SMILES string of the molecule is NCCc1ccccc1OP1(Oc2ccccc2)=NP(Oc2ccccc2)(Oc2ccccc2)=NP(Oc2ccccc2)(Oc2ccccc2)=N1. The first-order valence-electron chi connectivity index (χ1n) is 16.2. The second kappa shape index (κ2) is 15.8. The Labute approximate surface area is 297 Å². The monoisotopic (exact) mass is 736 g/mol. The molecular formula is C38H35N4O6P3. The van der Waals surface area contributed by atoms with Crippen LogP contribution in [0.15, 0.2) is 189 Å². The third-order valence-corrected chi connectivity index (χ3v) is 15.2. The van der Waals surface area contributed by atoms with Gasteiger partial charge in [-0.1, -0.05) is 123 Å². The summed E-state index contributed by atoms with van der Waals surface area (Å²) in [4.78, 5) is 0. The van der Waals surface area contributed by atoms with Gasteiger partial charge in [-0.25, -0.2) is 0 Å². The van der Waals surface area contributed by atoms with Crippen molar-refractivity contribution < 1.29 is 27.1 Å². The van der Waals surface area contributed by atoms with Crippen LogP contribution in [-0.2, 0) is 6.42 Å². The number of rotatable bonds is 14. The zero-order valence-corrected chi connectivity index (χ0v) is 30.1. The van der Waals surface area contributed by atoms with Crippen molar-refractivity contribution in [3.05, 3.63) is 181 Å². The summed E-state index contributed by atoms with van der Waals surface area (Å²) >= 11 is 0. The lowest BCUT2D eigenvalue weighted by molar-refractivity contribution is 0.442. The lowest BCUT2D eigenvalue weighted by atomic mass is 10.1. The molecule has 1 unspecified atom stereocenters. The fraction of sp³-hybridized carbons (Fsp3) is 0.0526. The minimum atomic E-state index is -3.96. The molecule has 2 N–H and O–H groups in total. The summed E-state index contributed by atoms with van der Waals surface area (Å²) in [6, 6.07) is 53.6. The molecule has 0 spiro atoms. The number of hydrogen-bond acceptors (Lipinski definition) is 10. The normalized spacial score (nSPS) is 17.0. The molecule has 1 heterocycles. The van der Waals surface area contributed by atoms with E-state index in [1.54, 1.807) is 60.7 Å². The number of benzene rings is 6. The van der Waals surface area contributed by atoms with E-state index in [4.69, 9.17) is 46.4 Å². The van der Waals surface area contributed by atoms with Crippen LogP contribution in [0.3, 0.4) is 0 Å². The summed E-state index contributed by atoms with van der Waals surface area (Å²) in [7, 11) is -11.8. The van der Waals surface area contributed by atoms with E-state index in [0.29, 0.717) is 47.5 Å². The molecule has 6 aromatic rings. The van der Waals surface area contributed by atoms with Crippen LogP contribution in [0, 0.1) is 0 Å². The summed E-state index contributed by atoms with van der Waals surface area (Å²) in [5.41, 5.74) is 6.89. The Kier molecular flexibility index (Phi) is 10.6. The first-order chi connectivity index (χ1) is 25.0. The molecule has 10 nitrogen and oxygen atoms in total. The average Bonchev–Trinajstić information content (AvgIpc) is 3.14. The highest BCUT2D eigenvalue weighted by Gasteiger charge is 2.49. The van der Waals surface area contributed by atoms with Crippen LogP contribution >= 0.6 is 23.0 Å². The molecule has 258 valence electrons. The Morgan fingerprint density at radius 3 is 0.941 bits per heavy atom. The minimum absolute atomic E-state index is 0.394. The van der Waals surface area contributed by atoms with E-state index in [1.165, 1.54) is 0 Å². The van der Waals surface area contributed by atoms with Crippen molar-refractivity contribution in [2.24, 2.45) is 19.3 Å². The van der Waals surface area contributed by atoms with E-state index >= 15 is 0 Å². The number of nitrogens with zero attached hydrogens (tertiary/aromatic N) is 3. The smallest absolute Gasteiger partial charge is 0.413 e. The van der Waals surface area contributed by atoms with Crippen LogP contribution in [0.4, 0.5) is 0 Å². The van der Waals surface area contributed by atoms with Gasteiger partial charge in [-0.05, 0) is 85.3 Å². The molecular weight excluding hydrogens is 701 g/mol. The molecule has 0 aromatic heterocycles. The van der Waals surface area contributed by atoms with Crippen LogP contribution in [0.5, 0.6) is 34.5 Å². The van der Waals surface area contributed by atoms with Gasteiger partial charge in [0.1, 0.15) is 34.5 Å². The highest BCUT2D eigenvalue weighted by Crippen LogP contribution is 2.78. The van der Waals surface area contributed by atoms with Gasteiger partial charge in [0.15, 0.2) is 0 Å². The molecule has 51 heavy (non-hydrogen) atoms. The summed E-state index contributed by atoms with van der Waals surface area (Å²) < 4.78 is 56.7. The lowest BCUT2D eigenvalue weighted by Gasteiger charge is -2.33. The number of para-hydroxylation sites is 6. The topological polar surface area (TPSA) is 118 Å². The molecule has 0 aliphatic carbocycles. The highest BCUT2D eigenvalue weighted by atomic mass is 31.3. The van der Waals surface area contributed by atoms with E-state index in [0.717, 1.165) is 5.56 Å². The lowest BCUT2D eigenvalue weighted by Crippen LogP contribution is -2.12. The van der Waals surface area contributed by atoms with Gasteiger partial charge in [0.25, 0.3) is 0 Å². The second-order valence-electron chi connectivity index (χ2n) is 11.0. The Morgan fingerprint density at radius 2 is 0.627 bits per heavy atom. The Balaban J connectivity index is 1.57. The van der Waals surface area contributed by atoms with Gasteiger partial charge in [0.2, 0.25) is 0 Å². The summed E-state index contributed by atoms with van der Waals surface area (Å²) in [6.45, 7) is 0.394.